The molecule has 0 saturated carbocycles. The average Bonchev–Trinajstić information content (AvgIpc) is 2.38. The van der Waals surface area contributed by atoms with Crippen LogP contribution in [0.4, 0.5) is 15.8 Å². The number of hydrogen-bond acceptors (Lipinski definition) is 5. The van der Waals surface area contributed by atoms with Gasteiger partial charge in [-0.3, -0.25) is 10.1 Å². The van der Waals surface area contributed by atoms with E-state index in [1.165, 1.54) is 12.1 Å². The van der Waals surface area contributed by atoms with Crippen molar-refractivity contribution in [1.29, 1.82) is 5.26 Å². The summed E-state index contributed by atoms with van der Waals surface area (Å²) < 4.78 is 18.6. The number of nitriles is 1. The summed E-state index contributed by atoms with van der Waals surface area (Å²) in [6, 6.07) is 9.68. The Labute approximate surface area is 113 Å². The van der Waals surface area contributed by atoms with Gasteiger partial charge in [-0.25, -0.2) is 4.39 Å². The van der Waals surface area contributed by atoms with Gasteiger partial charge in [0.15, 0.2) is 0 Å². The average molecular weight is 273 g/mol. The Balaban J connectivity index is 2.54. The van der Waals surface area contributed by atoms with E-state index >= 15 is 0 Å². The Bertz CT molecular complexity index is 725. The number of nitrogens with zero attached hydrogens (tertiary/aromatic N) is 2. The van der Waals surface area contributed by atoms with Gasteiger partial charge < -0.3 is 10.5 Å². The lowest BCUT2D eigenvalue weighted by Gasteiger charge is -2.09. The summed E-state index contributed by atoms with van der Waals surface area (Å²) in [6.45, 7) is 0. The Kier molecular flexibility index (Phi) is 3.48. The van der Waals surface area contributed by atoms with Crippen molar-refractivity contribution in [2.45, 2.75) is 0 Å². The molecule has 2 aromatic rings. The van der Waals surface area contributed by atoms with Crippen molar-refractivity contribution in [3.05, 3.63) is 57.9 Å². The second kappa shape index (κ2) is 5.24. The normalized spacial score (nSPS) is 9.80. The van der Waals surface area contributed by atoms with Crippen LogP contribution in [0.15, 0.2) is 36.4 Å². The molecule has 6 nitrogen and oxygen atoms in total. The molecule has 0 aromatic heterocycles. The van der Waals surface area contributed by atoms with Crippen LogP contribution in [-0.2, 0) is 0 Å². The third-order valence-electron chi connectivity index (χ3n) is 2.48. The summed E-state index contributed by atoms with van der Waals surface area (Å²) >= 11 is 0. The van der Waals surface area contributed by atoms with Gasteiger partial charge in [-0.2, -0.15) is 5.26 Å². The fraction of sp³-hybridized carbons (Fsp3) is 0. The van der Waals surface area contributed by atoms with E-state index in [1.54, 1.807) is 12.1 Å². The fourth-order valence-corrected chi connectivity index (χ4v) is 1.63. The standard InChI is InChI=1S/C13H8FN3O3/c14-9-5-10(16)13(17(18)19)12(6-9)20-11-4-2-1-3-8(11)7-15/h1-6H,16H2. The van der Waals surface area contributed by atoms with Gasteiger partial charge in [-0.05, 0) is 12.1 Å². The maximum Gasteiger partial charge on any atom is 0.334 e. The maximum atomic E-state index is 13.3. The minimum absolute atomic E-state index is 0.0862. The van der Waals surface area contributed by atoms with E-state index in [-0.39, 0.29) is 22.7 Å². The number of nitro groups is 1. The summed E-state index contributed by atoms with van der Waals surface area (Å²) in [6.07, 6.45) is 0. The second-order valence-electron chi connectivity index (χ2n) is 3.81. The van der Waals surface area contributed by atoms with Crippen LogP contribution in [0.3, 0.4) is 0 Å². The van der Waals surface area contributed by atoms with Crippen molar-refractivity contribution in [1.82, 2.24) is 0 Å². The van der Waals surface area contributed by atoms with E-state index in [2.05, 4.69) is 0 Å². The highest BCUT2D eigenvalue weighted by Crippen LogP contribution is 2.37. The zero-order valence-electron chi connectivity index (χ0n) is 10.0. The number of halogens is 1. The highest BCUT2D eigenvalue weighted by atomic mass is 19.1. The smallest absolute Gasteiger partial charge is 0.334 e. The van der Waals surface area contributed by atoms with Crippen LogP contribution in [0.1, 0.15) is 5.56 Å². The SMILES string of the molecule is N#Cc1ccccc1Oc1cc(F)cc(N)c1[N+](=O)[O-]. The molecule has 2 aromatic carbocycles. The summed E-state index contributed by atoms with van der Waals surface area (Å²) in [4.78, 5) is 10.2. The first kappa shape index (κ1) is 13.3. The quantitative estimate of drug-likeness (QED) is 0.526. The van der Waals surface area contributed by atoms with Crippen LogP contribution >= 0.6 is 0 Å². The molecule has 0 heterocycles. The van der Waals surface area contributed by atoms with Crippen LogP contribution in [-0.4, -0.2) is 4.92 Å². The molecular formula is C13H8FN3O3. The number of nitrogens with two attached hydrogens (primary N) is 1. The molecule has 2 rings (SSSR count). The zero-order chi connectivity index (χ0) is 14.7. The molecule has 7 heteroatoms. The number of nitro benzene ring substituents is 1. The van der Waals surface area contributed by atoms with Crippen molar-refractivity contribution < 1.29 is 14.1 Å². The highest BCUT2D eigenvalue weighted by Gasteiger charge is 2.22. The minimum Gasteiger partial charge on any atom is -0.449 e. The van der Waals surface area contributed by atoms with Crippen LogP contribution in [0.2, 0.25) is 0 Å². The molecule has 0 aliphatic carbocycles. The van der Waals surface area contributed by atoms with Gasteiger partial charge in [0, 0.05) is 12.1 Å². The Morgan fingerprint density at radius 2 is 2.00 bits per heavy atom. The lowest BCUT2D eigenvalue weighted by atomic mass is 10.2. The summed E-state index contributed by atoms with van der Waals surface area (Å²) in [7, 11) is 0. The van der Waals surface area contributed by atoms with Crippen molar-refractivity contribution in [3.63, 3.8) is 0 Å². The van der Waals surface area contributed by atoms with Crippen molar-refractivity contribution in [2.75, 3.05) is 5.73 Å². The van der Waals surface area contributed by atoms with Crippen LogP contribution in [0.5, 0.6) is 11.5 Å². The van der Waals surface area contributed by atoms with E-state index in [0.717, 1.165) is 12.1 Å². The molecular weight excluding hydrogens is 265 g/mol. The first-order valence-electron chi connectivity index (χ1n) is 5.43. The van der Waals surface area contributed by atoms with Gasteiger partial charge in [0.2, 0.25) is 5.75 Å². The summed E-state index contributed by atoms with van der Waals surface area (Å²) in [5.41, 5.74) is 4.70. The predicted molar refractivity (Wildman–Crippen MR) is 68.7 cm³/mol. The molecule has 0 saturated heterocycles. The fourth-order valence-electron chi connectivity index (χ4n) is 1.63. The molecule has 0 atom stereocenters. The topological polar surface area (TPSA) is 102 Å². The monoisotopic (exact) mass is 273 g/mol. The van der Waals surface area contributed by atoms with Crippen molar-refractivity contribution in [2.24, 2.45) is 0 Å². The molecule has 100 valence electrons. The molecule has 0 spiro atoms. The molecule has 0 unspecified atom stereocenters. The summed E-state index contributed by atoms with van der Waals surface area (Å²) in [5, 5.41) is 19.9. The number of anilines is 1. The van der Waals surface area contributed by atoms with E-state index in [0.29, 0.717) is 0 Å². The van der Waals surface area contributed by atoms with Gasteiger partial charge in [0.25, 0.3) is 0 Å². The number of nitrogen functional groups attached to an aromatic ring is 1. The van der Waals surface area contributed by atoms with Gasteiger partial charge in [0.05, 0.1) is 10.5 Å². The van der Waals surface area contributed by atoms with E-state index < -0.39 is 16.4 Å². The first-order chi connectivity index (χ1) is 9.52. The van der Waals surface area contributed by atoms with Crippen LogP contribution in [0.25, 0.3) is 0 Å². The van der Waals surface area contributed by atoms with E-state index in [4.69, 9.17) is 15.7 Å². The molecule has 2 N–H and O–H groups in total. The molecule has 0 aliphatic heterocycles. The largest absolute Gasteiger partial charge is 0.449 e. The molecule has 0 amide bonds. The summed E-state index contributed by atoms with van der Waals surface area (Å²) in [5.74, 6) is -1.03. The molecule has 0 fully saturated rings. The van der Waals surface area contributed by atoms with Crippen molar-refractivity contribution >= 4 is 11.4 Å². The lowest BCUT2D eigenvalue weighted by molar-refractivity contribution is -0.384. The number of benzene rings is 2. The number of rotatable bonds is 3. The second-order valence-corrected chi connectivity index (χ2v) is 3.81. The van der Waals surface area contributed by atoms with Crippen LogP contribution < -0.4 is 10.5 Å². The van der Waals surface area contributed by atoms with E-state index in [1.807, 2.05) is 6.07 Å². The maximum absolute atomic E-state index is 13.3. The van der Waals surface area contributed by atoms with Gasteiger partial charge >= 0.3 is 5.69 Å². The Morgan fingerprint density at radius 1 is 1.30 bits per heavy atom. The van der Waals surface area contributed by atoms with Gasteiger partial charge in [-0.15, -0.1) is 0 Å². The molecule has 20 heavy (non-hydrogen) atoms. The lowest BCUT2D eigenvalue weighted by Crippen LogP contribution is -2.00. The number of ether oxygens (including phenoxy) is 1. The van der Waals surface area contributed by atoms with E-state index in [9.17, 15) is 14.5 Å². The third-order valence-corrected chi connectivity index (χ3v) is 2.48. The molecule has 0 bridgehead atoms. The number of para-hydroxylation sites is 1. The Hall–Kier alpha value is -3.14. The van der Waals surface area contributed by atoms with Gasteiger partial charge in [0.1, 0.15) is 23.3 Å². The Morgan fingerprint density at radius 3 is 2.65 bits per heavy atom. The zero-order valence-corrected chi connectivity index (χ0v) is 10.0. The molecule has 0 aliphatic rings. The van der Waals surface area contributed by atoms with Gasteiger partial charge in [-0.1, -0.05) is 12.1 Å². The highest BCUT2D eigenvalue weighted by molar-refractivity contribution is 5.67. The molecule has 0 radical (unpaired) electrons. The minimum atomic E-state index is -0.766. The predicted octanol–water partition coefficient (Wildman–Crippen LogP) is 2.98. The number of hydrogen-bond donors (Lipinski definition) is 1. The van der Waals surface area contributed by atoms with Crippen LogP contribution in [0, 0.1) is 27.3 Å². The first-order valence-corrected chi connectivity index (χ1v) is 5.43. The third kappa shape index (κ3) is 2.49. The van der Waals surface area contributed by atoms with Crippen molar-refractivity contribution in [3.8, 4) is 17.6 Å².